The zero-order chi connectivity index (χ0) is 16.4. The lowest BCUT2D eigenvalue weighted by Gasteiger charge is -2.11. The minimum Gasteiger partial charge on any atom is -0.481 e. The topological polar surface area (TPSA) is 42.2 Å². The summed E-state index contributed by atoms with van der Waals surface area (Å²) < 4.78 is 15.8. The Bertz CT molecular complexity index is 853. The molecule has 0 aliphatic rings. The highest BCUT2D eigenvalue weighted by Crippen LogP contribution is 2.29. The van der Waals surface area contributed by atoms with E-state index in [1.54, 1.807) is 6.07 Å². The van der Waals surface area contributed by atoms with Crippen molar-refractivity contribution in [1.82, 2.24) is 4.57 Å². The molecule has 118 valence electrons. The third kappa shape index (κ3) is 2.97. The number of benzene rings is 2. The second-order valence-corrected chi connectivity index (χ2v) is 5.58. The Balaban J connectivity index is 2.21. The van der Waals surface area contributed by atoms with Crippen LogP contribution < -0.4 is 0 Å². The van der Waals surface area contributed by atoms with Gasteiger partial charge in [-0.1, -0.05) is 37.3 Å². The molecule has 3 rings (SSSR count). The van der Waals surface area contributed by atoms with Crippen LogP contribution in [0.5, 0.6) is 0 Å². The van der Waals surface area contributed by atoms with Crippen LogP contribution >= 0.6 is 0 Å². The fraction of sp³-hybridized carbons (Fsp3) is 0.211. The highest BCUT2D eigenvalue weighted by Gasteiger charge is 2.18. The van der Waals surface area contributed by atoms with Gasteiger partial charge in [0, 0.05) is 23.1 Å². The number of aliphatic carboxylic acids is 1. The summed E-state index contributed by atoms with van der Waals surface area (Å²) in [6, 6.07) is 14.6. The normalized spacial score (nSPS) is 11.0. The number of hydrogen-bond acceptors (Lipinski definition) is 1. The maximum atomic E-state index is 13.7. The van der Waals surface area contributed by atoms with Gasteiger partial charge in [0.1, 0.15) is 5.82 Å². The summed E-state index contributed by atoms with van der Waals surface area (Å²) in [7, 11) is 0. The minimum absolute atomic E-state index is 0.0923. The fourth-order valence-electron chi connectivity index (χ4n) is 3.15. The van der Waals surface area contributed by atoms with Crippen LogP contribution in [0.25, 0.3) is 10.9 Å². The van der Waals surface area contributed by atoms with Crippen LogP contribution in [-0.4, -0.2) is 15.6 Å². The molecule has 23 heavy (non-hydrogen) atoms. The first-order valence-electron chi connectivity index (χ1n) is 7.65. The van der Waals surface area contributed by atoms with E-state index < -0.39 is 5.97 Å². The number of fused-ring (bicyclic) bond motifs is 1. The van der Waals surface area contributed by atoms with E-state index in [0.29, 0.717) is 23.9 Å². The van der Waals surface area contributed by atoms with Gasteiger partial charge in [-0.25, -0.2) is 4.39 Å². The molecule has 2 aromatic carbocycles. The monoisotopic (exact) mass is 311 g/mol. The van der Waals surface area contributed by atoms with Gasteiger partial charge in [-0.05, 0) is 35.7 Å². The summed E-state index contributed by atoms with van der Waals surface area (Å²) >= 11 is 0. The van der Waals surface area contributed by atoms with E-state index in [2.05, 4.69) is 4.57 Å². The molecule has 0 atom stereocenters. The Morgan fingerprint density at radius 2 is 1.91 bits per heavy atom. The predicted molar refractivity (Wildman–Crippen MR) is 88.2 cm³/mol. The molecule has 0 amide bonds. The van der Waals surface area contributed by atoms with Crippen molar-refractivity contribution in [2.24, 2.45) is 0 Å². The Kier molecular flexibility index (Phi) is 4.15. The predicted octanol–water partition coefficient (Wildman–Crippen LogP) is 4.02. The second-order valence-electron chi connectivity index (χ2n) is 5.58. The van der Waals surface area contributed by atoms with Crippen LogP contribution in [0.4, 0.5) is 4.39 Å². The van der Waals surface area contributed by atoms with Gasteiger partial charge in [0.2, 0.25) is 0 Å². The molecule has 0 bridgehead atoms. The van der Waals surface area contributed by atoms with Crippen LogP contribution in [0.2, 0.25) is 0 Å². The summed E-state index contributed by atoms with van der Waals surface area (Å²) in [5.41, 5.74) is 3.68. The zero-order valence-corrected chi connectivity index (χ0v) is 12.9. The van der Waals surface area contributed by atoms with Crippen LogP contribution in [0.15, 0.2) is 48.5 Å². The van der Waals surface area contributed by atoms with Crippen molar-refractivity contribution in [3.63, 3.8) is 0 Å². The smallest absolute Gasteiger partial charge is 0.307 e. The second kappa shape index (κ2) is 6.24. The Hall–Kier alpha value is -2.62. The van der Waals surface area contributed by atoms with Crippen LogP contribution in [-0.2, 0) is 24.2 Å². The number of rotatable bonds is 5. The molecule has 0 saturated carbocycles. The number of nitrogens with zero attached hydrogens (tertiary/aromatic N) is 1. The van der Waals surface area contributed by atoms with Gasteiger partial charge in [-0.2, -0.15) is 0 Å². The average Bonchev–Trinajstić information content (AvgIpc) is 2.80. The molecule has 0 aliphatic heterocycles. The van der Waals surface area contributed by atoms with E-state index >= 15 is 0 Å². The van der Waals surface area contributed by atoms with Gasteiger partial charge in [0.15, 0.2) is 0 Å². The summed E-state index contributed by atoms with van der Waals surface area (Å²) in [5.74, 6) is -1.24. The summed E-state index contributed by atoms with van der Waals surface area (Å²) in [6.07, 6.45) is 0.608. The number of aromatic nitrogens is 1. The first-order chi connectivity index (χ1) is 11.1. The van der Waals surface area contributed by atoms with E-state index in [1.807, 2.05) is 37.3 Å². The molecule has 0 radical (unpaired) electrons. The lowest BCUT2D eigenvalue weighted by Crippen LogP contribution is -2.07. The Morgan fingerprint density at radius 1 is 1.17 bits per heavy atom. The highest BCUT2D eigenvalue weighted by molar-refractivity contribution is 5.89. The molecule has 0 fully saturated rings. The number of hydrogen-bond donors (Lipinski definition) is 1. The van der Waals surface area contributed by atoms with Gasteiger partial charge in [-0.15, -0.1) is 0 Å². The fourth-order valence-corrected chi connectivity index (χ4v) is 3.15. The van der Waals surface area contributed by atoms with E-state index in [-0.39, 0.29) is 12.2 Å². The quantitative estimate of drug-likeness (QED) is 0.773. The van der Waals surface area contributed by atoms with Crippen LogP contribution in [0.1, 0.15) is 23.7 Å². The molecule has 3 nitrogen and oxygen atoms in total. The van der Waals surface area contributed by atoms with E-state index in [9.17, 15) is 14.3 Å². The third-order valence-corrected chi connectivity index (χ3v) is 4.10. The Labute approximate surface area is 134 Å². The molecule has 1 heterocycles. The summed E-state index contributed by atoms with van der Waals surface area (Å²) in [5, 5.41) is 9.91. The molecule has 0 saturated heterocycles. The lowest BCUT2D eigenvalue weighted by molar-refractivity contribution is -0.136. The van der Waals surface area contributed by atoms with Crippen molar-refractivity contribution in [2.45, 2.75) is 26.3 Å². The van der Waals surface area contributed by atoms with Crippen molar-refractivity contribution in [3.05, 3.63) is 71.2 Å². The molecule has 3 aromatic rings. The largest absolute Gasteiger partial charge is 0.481 e. The summed E-state index contributed by atoms with van der Waals surface area (Å²) in [6.45, 7) is 2.64. The van der Waals surface area contributed by atoms with Gasteiger partial charge < -0.3 is 9.67 Å². The molecule has 0 spiro atoms. The molecule has 1 aromatic heterocycles. The van der Waals surface area contributed by atoms with Gasteiger partial charge in [0.05, 0.1) is 6.42 Å². The van der Waals surface area contributed by atoms with E-state index in [4.69, 9.17) is 0 Å². The molecule has 1 N–H and O–H groups in total. The highest BCUT2D eigenvalue weighted by atomic mass is 19.1. The first kappa shape index (κ1) is 15.3. The van der Waals surface area contributed by atoms with Crippen molar-refractivity contribution in [3.8, 4) is 0 Å². The first-order valence-corrected chi connectivity index (χ1v) is 7.65. The number of carbonyl (C=O) groups is 1. The van der Waals surface area contributed by atoms with Crippen molar-refractivity contribution in [1.29, 1.82) is 0 Å². The van der Waals surface area contributed by atoms with Crippen LogP contribution in [0.3, 0.4) is 0 Å². The van der Waals surface area contributed by atoms with Gasteiger partial charge in [-0.3, -0.25) is 4.79 Å². The molecule has 0 unspecified atom stereocenters. The number of carboxylic acids is 1. The number of halogens is 1. The average molecular weight is 311 g/mol. The van der Waals surface area contributed by atoms with Crippen molar-refractivity contribution in [2.75, 3.05) is 0 Å². The maximum Gasteiger partial charge on any atom is 0.307 e. The minimum atomic E-state index is -0.900. The molecule has 4 heteroatoms. The van der Waals surface area contributed by atoms with Crippen LogP contribution in [0, 0.1) is 5.82 Å². The maximum absolute atomic E-state index is 13.7. The Morgan fingerprint density at radius 3 is 2.57 bits per heavy atom. The summed E-state index contributed by atoms with van der Waals surface area (Å²) in [4.78, 5) is 11.2. The number of carboxylic acid groups (broad SMARTS) is 1. The molecular formula is C19H18FNO2. The molecular weight excluding hydrogens is 293 g/mol. The van der Waals surface area contributed by atoms with Gasteiger partial charge in [0.25, 0.3) is 0 Å². The van der Waals surface area contributed by atoms with Crippen molar-refractivity contribution < 1.29 is 14.3 Å². The lowest BCUT2D eigenvalue weighted by atomic mass is 10.1. The van der Waals surface area contributed by atoms with Crippen molar-refractivity contribution >= 4 is 16.9 Å². The SMILES string of the molecule is CCc1c(CC(=O)O)c2cc(F)ccc2n1Cc1ccccc1. The van der Waals surface area contributed by atoms with Gasteiger partial charge >= 0.3 is 5.97 Å². The third-order valence-electron chi connectivity index (χ3n) is 4.10. The zero-order valence-electron chi connectivity index (χ0n) is 12.9. The van der Waals surface area contributed by atoms with E-state index in [0.717, 1.165) is 16.8 Å². The molecule has 0 aliphatic carbocycles. The standard InChI is InChI=1S/C19H18FNO2/c1-2-17-16(11-19(22)23)15-10-14(20)8-9-18(15)21(17)12-13-6-4-3-5-7-13/h3-10H,2,11-12H2,1H3,(H,22,23). The van der Waals surface area contributed by atoms with E-state index in [1.165, 1.54) is 12.1 Å².